The van der Waals surface area contributed by atoms with Crippen LogP contribution in [0.2, 0.25) is 10.0 Å². The zero-order valence-corrected chi connectivity index (χ0v) is 15.9. The van der Waals surface area contributed by atoms with Gasteiger partial charge < -0.3 is 5.73 Å². The third kappa shape index (κ3) is 4.11. The molecule has 28 heavy (non-hydrogen) atoms. The molecule has 0 aliphatic heterocycles. The molecule has 1 heterocycles. The maximum atomic E-state index is 12.9. The highest BCUT2D eigenvalue weighted by Gasteiger charge is 2.32. The van der Waals surface area contributed by atoms with Crippen molar-refractivity contribution in [1.29, 1.82) is 10.5 Å². The van der Waals surface area contributed by atoms with E-state index in [1.165, 1.54) is 10.9 Å². The highest BCUT2D eigenvalue weighted by Crippen LogP contribution is 2.38. The van der Waals surface area contributed by atoms with Crippen LogP contribution in [0.3, 0.4) is 0 Å². The van der Waals surface area contributed by atoms with Gasteiger partial charge in [0.1, 0.15) is 23.5 Å². The van der Waals surface area contributed by atoms with Gasteiger partial charge in [0.2, 0.25) is 0 Å². The Labute approximate surface area is 167 Å². The van der Waals surface area contributed by atoms with Crippen molar-refractivity contribution < 1.29 is 13.2 Å². The minimum atomic E-state index is -4.60. The van der Waals surface area contributed by atoms with Gasteiger partial charge in [0, 0.05) is 11.8 Å². The van der Waals surface area contributed by atoms with Crippen molar-refractivity contribution in [2.24, 2.45) is 10.7 Å². The number of hydrogen-bond donors (Lipinski definition) is 1. The Kier molecular flexibility index (Phi) is 6.03. The number of nitrogens with two attached hydrogens (primary N) is 1. The normalized spacial score (nSPS) is 12.6. The summed E-state index contributed by atoms with van der Waals surface area (Å²) in [7, 11) is 0. The summed E-state index contributed by atoms with van der Waals surface area (Å²) in [6.45, 7) is 3.25. The van der Waals surface area contributed by atoms with E-state index in [9.17, 15) is 13.2 Å². The predicted octanol–water partition coefficient (Wildman–Crippen LogP) is 4.45. The van der Waals surface area contributed by atoms with Crippen LogP contribution in [0.4, 0.5) is 13.2 Å². The van der Waals surface area contributed by atoms with Gasteiger partial charge in [-0.15, -0.1) is 0 Å². The molecule has 2 N–H and O–H groups in total. The van der Waals surface area contributed by atoms with E-state index < -0.39 is 11.7 Å². The Hall–Kier alpha value is -3.01. The Morgan fingerprint density at radius 2 is 1.79 bits per heavy atom. The summed E-state index contributed by atoms with van der Waals surface area (Å²) in [6.07, 6.45) is -3.32. The average Bonchev–Trinajstić information content (AvgIpc) is 2.88. The average molecular weight is 427 g/mol. The molecular weight excluding hydrogens is 416 g/mol. The number of halogens is 5. The summed E-state index contributed by atoms with van der Waals surface area (Å²) in [5.74, 6) is 0. The number of nitrogens with zero attached hydrogens (tertiary/aromatic N) is 5. The highest BCUT2D eigenvalue weighted by atomic mass is 35.5. The number of aliphatic imine (C=N–C) groups is 1. The number of allylic oxidation sites excluding steroid dienone is 2. The molecule has 6 nitrogen and oxygen atoms in total. The minimum absolute atomic E-state index is 0.0733. The van der Waals surface area contributed by atoms with Crippen LogP contribution in [-0.4, -0.2) is 16.0 Å². The van der Waals surface area contributed by atoms with Crippen molar-refractivity contribution in [1.82, 2.24) is 9.78 Å². The second-order valence-electron chi connectivity index (χ2n) is 5.53. The number of aryl methyl sites for hydroxylation is 1. The first-order chi connectivity index (χ1) is 13.0. The van der Waals surface area contributed by atoms with E-state index in [4.69, 9.17) is 39.5 Å². The molecule has 0 unspecified atom stereocenters. The molecule has 0 saturated heterocycles. The molecule has 1 aromatic heterocycles. The largest absolute Gasteiger partial charge is 0.416 e. The molecule has 0 aliphatic carbocycles. The van der Waals surface area contributed by atoms with Crippen LogP contribution in [0.25, 0.3) is 5.69 Å². The fraction of sp³-hybridized carbons (Fsp3) is 0.176. The van der Waals surface area contributed by atoms with Crippen LogP contribution in [-0.2, 0) is 6.18 Å². The topological polar surface area (TPSA) is 104 Å². The lowest BCUT2D eigenvalue weighted by atomic mass is 10.2. The van der Waals surface area contributed by atoms with Crippen molar-refractivity contribution in [3.63, 3.8) is 0 Å². The van der Waals surface area contributed by atoms with E-state index in [0.29, 0.717) is 17.0 Å². The number of nitriles is 2. The van der Waals surface area contributed by atoms with Crippen LogP contribution in [0.15, 0.2) is 28.5 Å². The van der Waals surface area contributed by atoms with E-state index in [0.717, 1.165) is 12.1 Å². The summed E-state index contributed by atoms with van der Waals surface area (Å²) in [5.41, 5.74) is 5.22. The molecule has 0 radical (unpaired) electrons. The van der Waals surface area contributed by atoms with Gasteiger partial charge in [-0.25, -0.2) is 9.67 Å². The molecule has 0 amide bonds. The minimum Gasteiger partial charge on any atom is -0.388 e. The second-order valence-corrected chi connectivity index (χ2v) is 6.34. The maximum absolute atomic E-state index is 12.9. The van der Waals surface area contributed by atoms with Gasteiger partial charge in [-0.2, -0.15) is 28.8 Å². The van der Waals surface area contributed by atoms with Crippen molar-refractivity contribution in [3.8, 4) is 17.8 Å². The maximum Gasteiger partial charge on any atom is 0.416 e. The monoisotopic (exact) mass is 426 g/mol. The lowest BCUT2D eigenvalue weighted by Crippen LogP contribution is -2.08. The molecule has 2 aromatic rings. The smallest absolute Gasteiger partial charge is 0.388 e. The molecule has 0 saturated carbocycles. The van der Waals surface area contributed by atoms with Gasteiger partial charge in [-0.1, -0.05) is 23.2 Å². The number of rotatable bonds is 3. The molecule has 0 aliphatic rings. The number of aromatic nitrogens is 2. The Bertz CT molecular complexity index is 1060. The van der Waals surface area contributed by atoms with E-state index in [1.807, 2.05) is 0 Å². The number of alkyl halides is 3. The lowest BCUT2D eigenvalue weighted by Gasteiger charge is -2.13. The van der Waals surface area contributed by atoms with Crippen molar-refractivity contribution in [2.45, 2.75) is 20.0 Å². The van der Waals surface area contributed by atoms with Crippen LogP contribution >= 0.6 is 23.2 Å². The molecule has 144 valence electrons. The Balaban J connectivity index is 2.60. The SMILES string of the molecule is Cc1nn(-c2c(Cl)cc(C(F)(F)F)cc2Cl)c(C)c1C=N/C(C#N)=C(\N)C#N. The molecule has 0 atom stereocenters. The molecule has 11 heteroatoms. The molecule has 2 rings (SSSR count). The lowest BCUT2D eigenvalue weighted by molar-refractivity contribution is -0.137. The molecule has 0 fully saturated rings. The third-order valence-electron chi connectivity index (χ3n) is 3.71. The quantitative estimate of drug-likeness (QED) is 0.577. The van der Waals surface area contributed by atoms with Crippen LogP contribution in [0.5, 0.6) is 0 Å². The first-order valence-electron chi connectivity index (χ1n) is 7.48. The third-order valence-corrected chi connectivity index (χ3v) is 4.28. The van der Waals surface area contributed by atoms with Crippen LogP contribution < -0.4 is 5.73 Å². The first-order valence-corrected chi connectivity index (χ1v) is 8.23. The van der Waals surface area contributed by atoms with E-state index in [2.05, 4.69) is 10.1 Å². The van der Waals surface area contributed by atoms with Gasteiger partial charge in [0.15, 0.2) is 5.70 Å². The summed E-state index contributed by atoms with van der Waals surface area (Å²) < 4.78 is 40.0. The fourth-order valence-corrected chi connectivity index (χ4v) is 2.98. The highest BCUT2D eigenvalue weighted by molar-refractivity contribution is 6.37. The van der Waals surface area contributed by atoms with Gasteiger partial charge in [0.25, 0.3) is 0 Å². The van der Waals surface area contributed by atoms with E-state index in [-0.39, 0.29) is 27.1 Å². The summed E-state index contributed by atoms with van der Waals surface area (Å²) in [4.78, 5) is 3.88. The number of hydrogen-bond acceptors (Lipinski definition) is 5. The Morgan fingerprint density at radius 3 is 2.25 bits per heavy atom. The van der Waals surface area contributed by atoms with Crippen LogP contribution in [0, 0.1) is 36.5 Å². The van der Waals surface area contributed by atoms with Crippen molar-refractivity contribution >= 4 is 29.4 Å². The zero-order valence-electron chi connectivity index (χ0n) is 14.4. The van der Waals surface area contributed by atoms with Crippen LogP contribution in [0.1, 0.15) is 22.5 Å². The van der Waals surface area contributed by atoms with Gasteiger partial charge in [-0.05, 0) is 26.0 Å². The first kappa shape index (κ1) is 21.3. The van der Waals surface area contributed by atoms with E-state index in [1.54, 1.807) is 26.0 Å². The van der Waals surface area contributed by atoms with Crippen molar-refractivity contribution in [3.05, 3.63) is 56.1 Å². The molecule has 0 bridgehead atoms. The molecular formula is C17H11Cl2F3N6. The summed E-state index contributed by atoms with van der Waals surface area (Å²) in [6, 6.07) is 4.84. The van der Waals surface area contributed by atoms with Gasteiger partial charge in [-0.3, -0.25) is 0 Å². The second kappa shape index (κ2) is 7.93. The van der Waals surface area contributed by atoms with Crippen molar-refractivity contribution in [2.75, 3.05) is 0 Å². The zero-order chi connectivity index (χ0) is 21.2. The number of benzene rings is 1. The molecule has 0 spiro atoms. The fourth-order valence-electron chi connectivity index (χ4n) is 2.33. The molecule has 1 aromatic carbocycles. The van der Waals surface area contributed by atoms with Gasteiger partial charge in [0.05, 0.1) is 27.0 Å². The van der Waals surface area contributed by atoms with E-state index >= 15 is 0 Å². The van der Waals surface area contributed by atoms with Gasteiger partial charge >= 0.3 is 6.18 Å². The summed E-state index contributed by atoms with van der Waals surface area (Å²) in [5, 5.41) is 21.5. The predicted molar refractivity (Wildman–Crippen MR) is 98.1 cm³/mol. The summed E-state index contributed by atoms with van der Waals surface area (Å²) >= 11 is 12.1. The standard InChI is InChI=1S/C17H11Cl2F3N6/c1-8-11(7-26-15(6-24)14(25)5-23)9(2)28(27-8)16-12(18)3-10(4-13(16)19)17(20,21)22/h3-4,7H,25H2,1-2H3/b15-14-,26-7?. The Morgan fingerprint density at radius 1 is 1.21 bits per heavy atom.